The van der Waals surface area contributed by atoms with Crippen molar-refractivity contribution in [2.75, 3.05) is 26.2 Å². The second-order valence-corrected chi connectivity index (χ2v) is 10.7. The molecule has 3 aromatic rings. The number of nitrogens with one attached hydrogen (secondary N) is 1. The molecule has 1 amide bonds. The molecule has 0 saturated carbocycles. The summed E-state index contributed by atoms with van der Waals surface area (Å²) in [5, 5.41) is 8.65. The fourth-order valence-corrected chi connectivity index (χ4v) is 5.78. The molecule has 2 bridgehead atoms. The van der Waals surface area contributed by atoms with Gasteiger partial charge < -0.3 is 14.8 Å². The van der Waals surface area contributed by atoms with Gasteiger partial charge in [0.25, 0.3) is 0 Å². The van der Waals surface area contributed by atoms with Gasteiger partial charge >= 0.3 is 6.09 Å². The summed E-state index contributed by atoms with van der Waals surface area (Å²) in [6, 6.07) is 12.4. The Kier molecular flexibility index (Phi) is 5.06. The van der Waals surface area contributed by atoms with Crippen LogP contribution in [0.15, 0.2) is 42.6 Å². The molecule has 3 saturated heterocycles. The fourth-order valence-electron chi connectivity index (χ4n) is 5.78. The molecule has 1 N–H and O–H groups in total. The number of benzene rings is 2. The third-order valence-electron chi connectivity index (χ3n) is 7.90. The Hall–Kier alpha value is -3.06. The first-order valence-electron chi connectivity index (χ1n) is 12.3. The molecule has 2 atom stereocenters. The van der Waals surface area contributed by atoms with E-state index in [2.05, 4.69) is 65.6 Å². The van der Waals surface area contributed by atoms with Crippen molar-refractivity contribution in [3.05, 3.63) is 48.2 Å². The highest BCUT2D eigenvalue weighted by molar-refractivity contribution is 5.84. The highest BCUT2D eigenvalue weighted by Gasteiger charge is 2.41. The number of carbonyl (C=O) groups excluding carboxylic acids is 1. The van der Waals surface area contributed by atoms with E-state index in [-0.39, 0.29) is 23.7 Å². The molecule has 1 unspecified atom stereocenters. The van der Waals surface area contributed by atoms with Gasteiger partial charge in [-0.1, -0.05) is 38.1 Å². The maximum atomic E-state index is 13.0. The molecular formula is C27H32N4O3. The van der Waals surface area contributed by atoms with Crippen molar-refractivity contribution in [3.63, 3.8) is 0 Å². The van der Waals surface area contributed by atoms with Crippen LogP contribution in [-0.4, -0.2) is 53.1 Å². The van der Waals surface area contributed by atoms with Gasteiger partial charge in [-0.05, 0) is 55.1 Å². The van der Waals surface area contributed by atoms with Gasteiger partial charge in [0.15, 0.2) is 0 Å². The zero-order valence-corrected chi connectivity index (χ0v) is 20.1. The zero-order chi connectivity index (χ0) is 23.4. The second kappa shape index (κ2) is 8.01. The second-order valence-electron chi connectivity index (χ2n) is 10.7. The van der Waals surface area contributed by atoms with Gasteiger partial charge in [-0.25, -0.2) is 4.79 Å². The zero-order valence-electron chi connectivity index (χ0n) is 20.1. The average molecular weight is 461 g/mol. The van der Waals surface area contributed by atoms with Crippen LogP contribution >= 0.6 is 0 Å². The van der Waals surface area contributed by atoms with Crippen molar-refractivity contribution in [2.24, 2.45) is 18.4 Å². The number of nitrogens with zero attached hydrogens (tertiary/aromatic N) is 3. The average Bonchev–Trinajstić information content (AvgIpc) is 3.21. The normalized spacial score (nSPS) is 27.1. The molecule has 2 aromatic carbocycles. The van der Waals surface area contributed by atoms with Crippen LogP contribution in [0.1, 0.15) is 38.3 Å². The Morgan fingerprint density at radius 2 is 1.91 bits per heavy atom. The van der Waals surface area contributed by atoms with E-state index in [1.165, 1.54) is 0 Å². The summed E-state index contributed by atoms with van der Waals surface area (Å²) in [7, 11) is 1.95. The number of rotatable bonds is 3. The first-order valence-corrected chi connectivity index (χ1v) is 12.3. The van der Waals surface area contributed by atoms with Gasteiger partial charge in [-0.15, -0.1) is 0 Å². The highest BCUT2D eigenvalue weighted by atomic mass is 16.6. The minimum absolute atomic E-state index is 0.00535. The highest BCUT2D eigenvalue weighted by Crippen LogP contribution is 2.44. The largest absolute Gasteiger partial charge is 0.493 e. The maximum Gasteiger partial charge on any atom is 0.407 e. The van der Waals surface area contributed by atoms with E-state index >= 15 is 0 Å². The van der Waals surface area contributed by atoms with Crippen LogP contribution in [0.2, 0.25) is 0 Å². The lowest BCUT2D eigenvalue weighted by Gasteiger charge is -2.44. The summed E-state index contributed by atoms with van der Waals surface area (Å²) in [6.45, 7) is 7.88. The van der Waals surface area contributed by atoms with E-state index in [1.807, 2.05) is 17.9 Å². The number of fused-ring (bicyclic) bond motifs is 5. The Morgan fingerprint density at radius 1 is 1.15 bits per heavy atom. The molecule has 3 fully saturated rings. The van der Waals surface area contributed by atoms with E-state index in [1.54, 1.807) is 0 Å². The Morgan fingerprint density at radius 3 is 2.68 bits per heavy atom. The van der Waals surface area contributed by atoms with Crippen LogP contribution in [-0.2, 0) is 11.8 Å². The topological polar surface area (TPSA) is 68.6 Å². The van der Waals surface area contributed by atoms with Gasteiger partial charge in [0.05, 0.1) is 24.4 Å². The molecular weight excluding hydrogens is 428 g/mol. The minimum atomic E-state index is -0.324. The minimum Gasteiger partial charge on any atom is -0.493 e. The number of aromatic nitrogens is 2. The molecule has 0 radical (unpaired) electrons. The molecule has 7 rings (SSSR count). The fraction of sp³-hybridized carbons (Fsp3) is 0.481. The molecule has 0 spiro atoms. The third kappa shape index (κ3) is 3.72. The summed E-state index contributed by atoms with van der Waals surface area (Å²) in [4.78, 5) is 15.4. The van der Waals surface area contributed by atoms with Gasteiger partial charge in [-0.3, -0.25) is 9.58 Å². The monoisotopic (exact) mass is 460 g/mol. The molecule has 34 heavy (non-hydrogen) atoms. The molecule has 7 heteroatoms. The number of piperidine rings is 3. The molecule has 4 aliphatic heterocycles. The summed E-state index contributed by atoms with van der Waals surface area (Å²) in [5.41, 5.74) is 4.02. The summed E-state index contributed by atoms with van der Waals surface area (Å²) in [6.07, 6.45) is 3.79. The first kappa shape index (κ1) is 21.5. The summed E-state index contributed by atoms with van der Waals surface area (Å²) in [5.74, 6) is 1.31. The first-order chi connectivity index (χ1) is 16.4. The van der Waals surface area contributed by atoms with E-state index in [9.17, 15) is 4.79 Å². The van der Waals surface area contributed by atoms with Gasteiger partial charge in [-0.2, -0.15) is 5.10 Å². The van der Waals surface area contributed by atoms with Crippen molar-refractivity contribution in [1.82, 2.24) is 20.0 Å². The van der Waals surface area contributed by atoms with E-state index in [4.69, 9.17) is 9.47 Å². The summed E-state index contributed by atoms with van der Waals surface area (Å²) < 4.78 is 14.0. The Labute approximate surface area is 200 Å². The van der Waals surface area contributed by atoms with E-state index in [0.717, 1.165) is 65.8 Å². The van der Waals surface area contributed by atoms with Crippen LogP contribution in [0.4, 0.5) is 4.79 Å². The maximum absolute atomic E-state index is 13.0. The quantitative estimate of drug-likeness (QED) is 0.622. The molecule has 4 aliphatic rings. The number of amides is 1. The standard InChI is InChI=1S/C27H32N4O3/c1-27(2)16-33-23-13-19(18-4-5-20-14-28-30(3)22(20)12-18)6-7-21(23)25(27)29-26(32)34-24-15-31-10-8-17(24)9-11-31/h4-7,12-14,17,24-25H,8-11,15-16H2,1-3H3,(H,29,32)/t24-,25?/m0/s1. The predicted octanol–water partition coefficient (Wildman–Crippen LogP) is 4.52. The number of hydrogen-bond acceptors (Lipinski definition) is 5. The smallest absolute Gasteiger partial charge is 0.407 e. The third-order valence-corrected chi connectivity index (χ3v) is 7.90. The lowest BCUT2D eigenvalue weighted by Crippen LogP contribution is -2.53. The predicted molar refractivity (Wildman–Crippen MR) is 131 cm³/mol. The number of hydrogen-bond donors (Lipinski definition) is 1. The summed E-state index contributed by atoms with van der Waals surface area (Å²) >= 11 is 0. The van der Waals surface area contributed by atoms with Crippen molar-refractivity contribution in [3.8, 4) is 16.9 Å². The van der Waals surface area contributed by atoms with Crippen molar-refractivity contribution < 1.29 is 14.3 Å². The van der Waals surface area contributed by atoms with Gasteiger partial charge in [0.1, 0.15) is 11.9 Å². The molecule has 178 valence electrons. The number of ether oxygens (including phenoxy) is 2. The Balaban J connectivity index is 1.24. The van der Waals surface area contributed by atoms with Crippen LogP contribution in [0.3, 0.4) is 0 Å². The molecule has 5 heterocycles. The SMILES string of the molecule is Cn1ncc2ccc(-c3ccc4c(c3)OCC(C)(C)C4NC(=O)O[C@H]3CN4CCC3CC4)cc21. The van der Waals surface area contributed by atoms with Crippen molar-refractivity contribution >= 4 is 17.0 Å². The van der Waals surface area contributed by atoms with E-state index in [0.29, 0.717) is 12.5 Å². The number of aryl methyl sites for hydroxylation is 1. The Bertz CT molecular complexity index is 1240. The van der Waals surface area contributed by atoms with Gasteiger partial charge in [0, 0.05) is 30.0 Å². The lowest BCUT2D eigenvalue weighted by molar-refractivity contribution is -0.0361. The number of alkyl carbamates (subject to hydrolysis) is 1. The lowest BCUT2D eigenvalue weighted by atomic mass is 9.78. The van der Waals surface area contributed by atoms with Crippen molar-refractivity contribution in [1.29, 1.82) is 0 Å². The van der Waals surface area contributed by atoms with E-state index < -0.39 is 0 Å². The molecule has 1 aromatic heterocycles. The molecule has 0 aliphatic carbocycles. The van der Waals surface area contributed by atoms with Crippen LogP contribution in [0.5, 0.6) is 5.75 Å². The van der Waals surface area contributed by atoms with Crippen LogP contribution in [0.25, 0.3) is 22.0 Å². The van der Waals surface area contributed by atoms with Crippen LogP contribution in [0, 0.1) is 11.3 Å². The van der Waals surface area contributed by atoms with Gasteiger partial charge in [0.2, 0.25) is 0 Å². The number of carbonyl (C=O) groups is 1. The van der Waals surface area contributed by atoms with Crippen LogP contribution < -0.4 is 10.1 Å². The van der Waals surface area contributed by atoms with Crippen molar-refractivity contribution in [2.45, 2.75) is 38.8 Å². The molecule has 7 nitrogen and oxygen atoms in total.